The summed E-state index contributed by atoms with van der Waals surface area (Å²) >= 11 is 0. The fraction of sp³-hybridized carbons (Fsp3) is 0.600. The van der Waals surface area contributed by atoms with Gasteiger partial charge in [0.1, 0.15) is 19.3 Å². The summed E-state index contributed by atoms with van der Waals surface area (Å²) in [7, 11) is 0. The van der Waals surface area contributed by atoms with Crippen molar-refractivity contribution in [2.75, 3.05) is 13.2 Å². The molecule has 5 heteroatoms. The molecule has 2 unspecified atom stereocenters. The van der Waals surface area contributed by atoms with Crippen LogP contribution in [0.5, 0.6) is 0 Å². The van der Waals surface area contributed by atoms with E-state index in [9.17, 15) is 9.59 Å². The van der Waals surface area contributed by atoms with E-state index in [0.29, 0.717) is 12.0 Å². The first kappa shape index (κ1) is 10.0. The molecule has 0 saturated carbocycles. The lowest BCUT2D eigenvalue weighted by molar-refractivity contribution is -0.150. The van der Waals surface area contributed by atoms with Gasteiger partial charge in [0.15, 0.2) is 0 Å². The Morgan fingerprint density at radius 1 is 1.40 bits per heavy atom. The van der Waals surface area contributed by atoms with Crippen LogP contribution in [0.15, 0.2) is 12.2 Å². The van der Waals surface area contributed by atoms with Gasteiger partial charge in [0.25, 0.3) is 0 Å². The van der Waals surface area contributed by atoms with E-state index in [2.05, 4.69) is 6.58 Å². The van der Waals surface area contributed by atoms with Crippen molar-refractivity contribution in [3.63, 3.8) is 0 Å². The van der Waals surface area contributed by atoms with Crippen LogP contribution < -0.4 is 0 Å². The van der Waals surface area contributed by atoms with E-state index in [0.717, 1.165) is 0 Å². The highest BCUT2D eigenvalue weighted by Gasteiger charge is 2.46. The van der Waals surface area contributed by atoms with Crippen molar-refractivity contribution in [3.05, 3.63) is 12.2 Å². The van der Waals surface area contributed by atoms with Crippen molar-refractivity contribution in [2.45, 2.75) is 19.4 Å². The normalized spacial score (nSPS) is 35.8. The van der Waals surface area contributed by atoms with Crippen molar-refractivity contribution >= 4 is 12.1 Å². The molecule has 2 fully saturated rings. The maximum atomic E-state index is 11.1. The van der Waals surface area contributed by atoms with Gasteiger partial charge in [0.05, 0.1) is 0 Å². The number of carbonyl (C=O) groups is 2. The molecule has 5 nitrogen and oxygen atoms in total. The van der Waals surface area contributed by atoms with Crippen LogP contribution in [0, 0.1) is 5.41 Å². The first-order valence-corrected chi connectivity index (χ1v) is 4.69. The summed E-state index contributed by atoms with van der Waals surface area (Å²) in [5.41, 5.74) is -0.0105. The van der Waals surface area contributed by atoms with Crippen LogP contribution in [-0.2, 0) is 19.0 Å². The Hall–Kier alpha value is -1.52. The van der Waals surface area contributed by atoms with Crippen LogP contribution in [-0.4, -0.2) is 31.4 Å². The maximum Gasteiger partial charge on any atom is 0.508 e. The number of hydrogen-bond acceptors (Lipinski definition) is 5. The average Bonchev–Trinajstić information content (AvgIpc) is 2.60. The molecule has 2 saturated heterocycles. The van der Waals surface area contributed by atoms with Crippen molar-refractivity contribution in [3.8, 4) is 0 Å². The number of cyclic esters (lactones) is 3. The molecule has 2 heterocycles. The zero-order valence-electron chi connectivity index (χ0n) is 8.45. The second-order valence-corrected chi connectivity index (χ2v) is 4.18. The molecule has 0 spiro atoms. The Bertz CT molecular complexity index is 335. The zero-order valence-corrected chi connectivity index (χ0v) is 8.45. The Balaban J connectivity index is 2.10. The van der Waals surface area contributed by atoms with Crippen LogP contribution in [0.3, 0.4) is 0 Å². The fourth-order valence-corrected chi connectivity index (χ4v) is 1.82. The van der Waals surface area contributed by atoms with Gasteiger partial charge in [-0.3, -0.25) is 0 Å². The number of hydrogen-bond donors (Lipinski definition) is 0. The molecule has 2 aliphatic rings. The molecule has 0 aromatic carbocycles. The third kappa shape index (κ3) is 1.69. The van der Waals surface area contributed by atoms with Crippen LogP contribution in [0.4, 0.5) is 4.79 Å². The predicted molar refractivity (Wildman–Crippen MR) is 49.0 cm³/mol. The number of carbonyl (C=O) groups excluding carboxylic acids is 2. The summed E-state index contributed by atoms with van der Waals surface area (Å²) in [6.45, 7) is 5.95. The van der Waals surface area contributed by atoms with Crippen LogP contribution in [0.2, 0.25) is 0 Å². The van der Waals surface area contributed by atoms with Crippen molar-refractivity contribution in [2.24, 2.45) is 5.41 Å². The summed E-state index contributed by atoms with van der Waals surface area (Å²) < 4.78 is 14.7. The third-order valence-corrected chi connectivity index (χ3v) is 2.81. The van der Waals surface area contributed by atoms with Crippen LogP contribution >= 0.6 is 0 Å². The second kappa shape index (κ2) is 3.25. The third-order valence-electron chi connectivity index (χ3n) is 2.81. The smallest absolute Gasteiger partial charge is 0.462 e. The Morgan fingerprint density at radius 3 is 2.67 bits per heavy atom. The molecule has 0 aromatic heterocycles. The standard InChI is InChI=1S/C10H12O5/c1-6-3-10(2,5-14-8(6)11)7-4-13-9(12)15-7/h7H,1,3-5H2,2H3. The van der Waals surface area contributed by atoms with E-state index in [1.807, 2.05) is 6.92 Å². The fourth-order valence-electron chi connectivity index (χ4n) is 1.82. The lowest BCUT2D eigenvalue weighted by atomic mass is 9.78. The van der Waals surface area contributed by atoms with Crippen molar-refractivity contribution in [1.29, 1.82) is 0 Å². The Labute approximate surface area is 87.0 Å². The van der Waals surface area contributed by atoms with Gasteiger partial charge >= 0.3 is 12.1 Å². The summed E-state index contributed by atoms with van der Waals surface area (Å²) in [6, 6.07) is 0. The van der Waals surface area contributed by atoms with E-state index >= 15 is 0 Å². The van der Waals surface area contributed by atoms with Gasteiger partial charge in [0.2, 0.25) is 0 Å². The van der Waals surface area contributed by atoms with Gasteiger partial charge in [-0.15, -0.1) is 0 Å². The van der Waals surface area contributed by atoms with Gasteiger partial charge < -0.3 is 14.2 Å². The summed E-state index contributed by atoms with van der Waals surface area (Å²) in [5, 5.41) is 0. The van der Waals surface area contributed by atoms with E-state index < -0.39 is 11.6 Å². The zero-order chi connectivity index (χ0) is 11.1. The Morgan fingerprint density at radius 2 is 2.13 bits per heavy atom. The molecule has 0 amide bonds. The Kier molecular flexibility index (Phi) is 2.17. The van der Waals surface area contributed by atoms with E-state index in [-0.39, 0.29) is 25.3 Å². The quantitative estimate of drug-likeness (QED) is 0.480. The minimum absolute atomic E-state index is 0.208. The molecule has 0 aromatic rings. The topological polar surface area (TPSA) is 61.8 Å². The van der Waals surface area contributed by atoms with E-state index in [1.165, 1.54) is 0 Å². The first-order valence-electron chi connectivity index (χ1n) is 4.69. The summed E-state index contributed by atoms with van der Waals surface area (Å²) in [5.74, 6) is -0.377. The molecule has 0 N–H and O–H groups in total. The van der Waals surface area contributed by atoms with Crippen LogP contribution in [0.25, 0.3) is 0 Å². The van der Waals surface area contributed by atoms with Crippen molar-refractivity contribution < 1.29 is 23.8 Å². The second-order valence-electron chi connectivity index (χ2n) is 4.18. The summed E-state index contributed by atoms with van der Waals surface area (Å²) in [6.07, 6.45) is -0.564. The van der Waals surface area contributed by atoms with Gasteiger partial charge in [-0.2, -0.15) is 0 Å². The highest BCUT2D eigenvalue weighted by atomic mass is 16.8. The molecule has 15 heavy (non-hydrogen) atoms. The first-order chi connectivity index (χ1) is 7.01. The summed E-state index contributed by atoms with van der Waals surface area (Å²) in [4.78, 5) is 21.9. The molecule has 0 aliphatic carbocycles. The van der Waals surface area contributed by atoms with Gasteiger partial charge in [-0.1, -0.05) is 13.5 Å². The molecule has 82 valence electrons. The predicted octanol–water partition coefficient (Wildman–Crippen LogP) is 1.03. The molecule has 0 radical (unpaired) electrons. The van der Waals surface area contributed by atoms with Crippen molar-refractivity contribution in [1.82, 2.24) is 0 Å². The maximum absolute atomic E-state index is 11.1. The molecule has 2 atom stereocenters. The van der Waals surface area contributed by atoms with Gasteiger partial charge in [-0.05, 0) is 6.42 Å². The molecule has 0 bridgehead atoms. The monoisotopic (exact) mass is 212 g/mol. The highest BCUT2D eigenvalue weighted by molar-refractivity contribution is 5.88. The highest BCUT2D eigenvalue weighted by Crippen LogP contribution is 2.37. The minimum atomic E-state index is -0.663. The number of ether oxygens (including phenoxy) is 3. The molecular weight excluding hydrogens is 200 g/mol. The molecular formula is C10H12O5. The van der Waals surface area contributed by atoms with Crippen LogP contribution in [0.1, 0.15) is 13.3 Å². The van der Waals surface area contributed by atoms with E-state index in [1.54, 1.807) is 0 Å². The lowest BCUT2D eigenvalue weighted by Gasteiger charge is -2.35. The van der Waals surface area contributed by atoms with Gasteiger partial charge in [-0.25, -0.2) is 9.59 Å². The molecule has 2 rings (SSSR count). The van der Waals surface area contributed by atoms with E-state index in [4.69, 9.17) is 14.2 Å². The minimum Gasteiger partial charge on any atom is -0.462 e. The number of rotatable bonds is 1. The van der Waals surface area contributed by atoms with Gasteiger partial charge in [0, 0.05) is 11.0 Å². The SMILES string of the molecule is C=C1CC(C)(C2COC(=O)O2)COC1=O. The number of esters is 1. The molecule has 2 aliphatic heterocycles. The largest absolute Gasteiger partial charge is 0.508 e. The lowest BCUT2D eigenvalue weighted by Crippen LogP contribution is -2.43. The average molecular weight is 212 g/mol.